The summed E-state index contributed by atoms with van der Waals surface area (Å²) in [5.41, 5.74) is 4.51. The predicted molar refractivity (Wildman–Crippen MR) is 172 cm³/mol. The Bertz CT molecular complexity index is 1630. The monoisotopic (exact) mass is 594 g/mol. The standard InChI is InChI=1S/C31H34B2N4O5.C2H6/c1-17-14-21(19-6-7-19)24(15-18(17)2)37(26(38)12-13-31(32,33)41)25-11-10-23-27(34-25)28(35-36(23)5)42-20-8-9-22(29(39)40)30(3,4)16-20;1-2/h10-11,14-15,19-20,22,41H,6-9,16H2,1-5H3,(H,39,40);1-2H3/t20-,22-;/m1./s1. The lowest BCUT2D eigenvalue weighted by Crippen LogP contribution is -2.41. The van der Waals surface area contributed by atoms with Gasteiger partial charge in [-0.2, -0.15) is 0 Å². The summed E-state index contributed by atoms with van der Waals surface area (Å²) >= 11 is 0. The van der Waals surface area contributed by atoms with Gasteiger partial charge in [-0.25, -0.2) is 4.98 Å². The molecule has 2 N–H and O–H groups in total. The third-order valence-corrected chi connectivity index (χ3v) is 8.41. The highest BCUT2D eigenvalue weighted by Crippen LogP contribution is 2.47. The molecule has 0 unspecified atom stereocenters. The molecule has 3 aromatic rings. The Hall–Kier alpha value is -3.77. The Labute approximate surface area is 262 Å². The molecule has 2 fully saturated rings. The molecule has 2 aliphatic rings. The van der Waals surface area contributed by atoms with Gasteiger partial charge in [-0.15, -0.1) is 5.10 Å². The summed E-state index contributed by atoms with van der Waals surface area (Å²) in [6.07, 6.45) is 3.42. The van der Waals surface area contributed by atoms with Crippen molar-refractivity contribution >= 4 is 50.1 Å². The number of nitrogens with zero attached hydrogens (tertiary/aromatic N) is 4. The number of aromatic nitrogens is 3. The maximum absolute atomic E-state index is 13.7. The number of rotatable bonds is 6. The summed E-state index contributed by atoms with van der Waals surface area (Å²) in [4.78, 5) is 31.7. The molecule has 2 aliphatic carbocycles. The smallest absolute Gasteiger partial charge is 0.308 e. The number of aliphatic hydroxyl groups is 1. The summed E-state index contributed by atoms with van der Waals surface area (Å²) in [5.74, 6) is 3.65. The minimum absolute atomic E-state index is 0.240. The number of aliphatic carboxylic acids is 1. The first kappa shape index (κ1) is 33.1. The fraction of sp³-hybridized carbons (Fsp3) is 0.515. The minimum Gasteiger partial charge on any atom is -0.481 e. The van der Waals surface area contributed by atoms with E-state index in [1.807, 2.05) is 53.7 Å². The highest BCUT2D eigenvalue weighted by Gasteiger charge is 2.42. The van der Waals surface area contributed by atoms with Crippen LogP contribution in [0.15, 0.2) is 24.3 Å². The number of carboxylic acids is 1. The first-order valence-corrected chi connectivity index (χ1v) is 15.2. The Balaban J connectivity index is 0.00000216. The summed E-state index contributed by atoms with van der Waals surface area (Å²) in [6, 6.07) is 7.59. The number of benzene rings is 1. The lowest BCUT2D eigenvalue weighted by molar-refractivity contribution is -0.149. The van der Waals surface area contributed by atoms with E-state index in [4.69, 9.17) is 25.4 Å². The molecule has 11 heteroatoms. The summed E-state index contributed by atoms with van der Waals surface area (Å²) in [6.45, 7) is 11.9. The van der Waals surface area contributed by atoms with Crippen LogP contribution in [0.1, 0.15) is 82.4 Å². The highest BCUT2D eigenvalue weighted by atomic mass is 16.5. The van der Waals surface area contributed by atoms with Gasteiger partial charge in [-0.1, -0.05) is 39.7 Å². The number of hydrogen-bond donors (Lipinski definition) is 2. The first-order valence-electron chi connectivity index (χ1n) is 15.2. The van der Waals surface area contributed by atoms with Crippen LogP contribution in [0.3, 0.4) is 0 Å². The quantitative estimate of drug-likeness (QED) is 0.311. The SMILES string of the molecule is CC.[B]C([B])(O)C#CC(=O)N(c1ccc2c(n1)c(O[C@@H]1CC[C@H](C(=O)O)C(C)(C)C1)nn2C)c1cc(C)c(C)cc1C1CC1. The van der Waals surface area contributed by atoms with Gasteiger partial charge in [-0.05, 0) is 98.1 Å². The van der Waals surface area contributed by atoms with Crippen molar-refractivity contribution < 1.29 is 24.5 Å². The van der Waals surface area contributed by atoms with Crippen molar-refractivity contribution in [2.45, 2.75) is 91.1 Å². The number of carbonyl (C=O) groups excluding carboxylic acids is 1. The van der Waals surface area contributed by atoms with Crippen LogP contribution in [-0.4, -0.2) is 64.1 Å². The number of fused-ring (bicyclic) bond motifs is 1. The largest absolute Gasteiger partial charge is 0.481 e. The van der Waals surface area contributed by atoms with Crippen molar-refractivity contribution in [1.29, 1.82) is 0 Å². The molecule has 0 bridgehead atoms. The van der Waals surface area contributed by atoms with E-state index >= 15 is 0 Å². The molecule has 0 aliphatic heterocycles. The van der Waals surface area contributed by atoms with Gasteiger partial charge < -0.3 is 14.9 Å². The van der Waals surface area contributed by atoms with Crippen LogP contribution in [-0.2, 0) is 16.6 Å². The molecular formula is C33H40B2N4O5. The van der Waals surface area contributed by atoms with Crippen LogP contribution in [0.4, 0.5) is 11.5 Å². The molecule has 44 heavy (non-hydrogen) atoms. The van der Waals surface area contributed by atoms with E-state index in [1.54, 1.807) is 17.8 Å². The van der Waals surface area contributed by atoms with E-state index in [2.05, 4.69) is 23.0 Å². The van der Waals surface area contributed by atoms with Crippen LogP contribution in [0.5, 0.6) is 5.88 Å². The number of carboxylic acid groups (broad SMARTS) is 1. The predicted octanol–water partition coefficient (Wildman–Crippen LogP) is 4.80. The lowest BCUT2D eigenvalue weighted by Gasteiger charge is -2.39. The van der Waals surface area contributed by atoms with Crippen LogP contribution in [0.25, 0.3) is 11.0 Å². The molecule has 0 spiro atoms. The van der Waals surface area contributed by atoms with Gasteiger partial charge in [0.05, 0.1) is 17.1 Å². The molecule has 4 radical (unpaired) electrons. The molecule has 0 saturated heterocycles. The third kappa shape index (κ3) is 7.13. The Morgan fingerprint density at radius 2 is 1.77 bits per heavy atom. The van der Waals surface area contributed by atoms with Crippen molar-refractivity contribution in [3.63, 3.8) is 0 Å². The van der Waals surface area contributed by atoms with Crippen molar-refractivity contribution in [3.8, 4) is 17.7 Å². The number of aryl methyl sites for hydroxylation is 3. The number of pyridine rings is 1. The van der Waals surface area contributed by atoms with E-state index in [-0.39, 0.29) is 6.10 Å². The van der Waals surface area contributed by atoms with Gasteiger partial charge in [0.1, 0.15) is 27.6 Å². The Morgan fingerprint density at radius 1 is 1.11 bits per heavy atom. The molecule has 2 aromatic heterocycles. The van der Waals surface area contributed by atoms with E-state index in [0.29, 0.717) is 53.6 Å². The van der Waals surface area contributed by atoms with Gasteiger partial charge in [0.2, 0.25) is 0 Å². The van der Waals surface area contributed by atoms with Crippen LogP contribution >= 0.6 is 0 Å². The van der Waals surface area contributed by atoms with Crippen molar-refractivity contribution in [3.05, 3.63) is 41.0 Å². The summed E-state index contributed by atoms with van der Waals surface area (Å²) in [7, 11) is 12.7. The number of carbonyl (C=O) groups is 2. The normalized spacial score (nSPS) is 19.3. The fourth-order valence-electron chi connectivity index (χ4n) is 5.88. The maximum Gasteiger partial charge on any atom is 0.308 e. The fourth-order valence-corrected chi connectivity index (χ4v) is 5.88. The molecule has 2 heterocycles. The lowest BCUT2D eigenvalue weighted by atomic mass is 9.66. The van der Waals surface area contributed by atoms with Gasteiger partial charge in [0.25, 0.3) is 5.88 Å². The van der Waals surface area contributed by atoms with E-state index in [9.17, 15) is 19.8 Å². The zero-order valence-electron chi connectivity index (χ0n) is 26.6. The topological polar surface area (TPSA) is 118 Å². The Morgan fingerprint density at radius 3 is 2.36 bits per heavy atom. The van der Waals surface area contributed by atoms with Crippen molar-refractivity contribution in [2.24, 2.45) is 18.4 Å². The van der Waals surface area contributed by atoms with Crippen LogP contribution in [0.2, 0.25) is 0 Å². The van der Waals surface area contributed by atoms with Gasteiger partial charge >= 0.3 is 11.9 Å². The second-order valence-electron chi connectivity index (χ2n) is 12.4. The molecule has 1 aromatic carbocycles. The van der Waals surface area contributed by atoms with Crippen molar-refractivity contribution in [1.82, 2.24) is 14.8 Å². The average Bonchev–Trinajstić information content (AvgIpc) is 3.74. The zero-order chi connectivity index (χ0) is 32.6. The van der Waals surface area contributed by atoms with Gasteiger partial charge in [0, 0.05) is 12.4 Å². The summed E-state index contributed by atoms with van der Waals surface area (Å²) < 4.78 is 8.03. The molecule has 5 rings (SSSR count). The molecule has 2 saturated carbocycles. The number of amides is 1. The number of hydrogen-bond acceptors (Lipinski definition) is 6. The second-order valence-corrected chi connectivity index (χ2v) is 12.4. The second kappa shape index (κ2) is 12.7. The number of anilines is 2. The van der Waals surface area contributed by atoms with E-state index in [0.717, 1.165) is 29.5 Å². The van der Waals surface area contributed by atoms with Crippen LogP contribution < -0.4 is 9.64 Å². The molecule has 2 atom stereocenters. The third-order valence-electron chi connectivity index (χ3n) is 8.41. The maximum atomic E-state index is 13.7. The van der Waals surface area contributed by atoms with Gasteiger partial charge in [0.15, 0.2) is 5.52 Å². The molecule has 228 valence electrons. The first-order chi connectivity index (χ1) is 20.6. The Kier molecular flexibility index (Phi) is 9.55. The summed E-state index contributed by atoms with van der Waals surface area (Å²) in [5, 5.41) is 21.7. The average molecular weight is 594 g/mol. The zero-order valence-corrected chi connectivity index (χ0v) is 26.6. The van der Waals surface area contributed by atoms with Crippen LogP contribution in [0, 0.1) is 37.0 Å². The molecular weight excluding hydrogens is 554 g/mol. The van der Waals surface area contributed by atoms with Gasteiger partial charge in [-0.3, -0.25) is 19.2 Å². The number of ether oxygens (including phenoxy) is 1. The van der Waals surface area contributed by atoms with E-state index < -0.39 is 28.6 Å². The van der Waals surface area contributed by atoms with Crippen molar-refractivity contribution in [2.75, 3.05) is 4.90 Å². The molecule has 1 amide bonds. The minimum atomic E-state index is -2.33. The highest BCUT2D eigenvalue weighted by molar-refractivity contribution is 6.41. The van der Waals surface area contributed by atoms with E-state index in [1.165, 1.54) is 4.90 Å². The molecule has 9 nitrogen and oxygen atoms in total.